The average molecular weight is 284 g/mol. The van der Waals surface area contributed by atoms with E-state index in [2.05, 4.69) is 18.3 Å². The maximum absolute atomic E-state index is 8.89. The van der Waals surface area contributed by atoms with Crippen molar-refractivity contribution in [1.29, 1.82) is 0 Å². The molecule has 0 fully saturated rings. The van der Waals surface area contributed by atoms with Crippen molar-refractivity contribution in [2.24, 2.45) is 0 Å². The fourth-order valence-electron chi connectivity index (χ4n) is 2.54. The Bertz CT molecular complexity index is 411. The summed E-state index contributed by atoms with van der Waals surface area (Å²) in [6.07, 6.45) is 3.93. The first-order valence-corrected chi connectivity index (χ1v) is 7.37. The van der Waals surface area contributed by atoms with Gasteiger partial charge in [0.2, 0.25) is 0 Å². The lowest BCUT2D eigenvalue weighted by Gasteiger charge is -2.23. The van der Waals surface area contributed by atoms with Crippen LogP contribution >= 0.6 is 11.6 Å². The van der Waals surface area contributed by atoms with E-state index >= 15 is 0 Å². The Balaban J connectivity index is 2.08. The Kier molecular flexibility index (Phi) is 5.49. The zero-order valence-corrected chi connectivity index (χ0v) is 12.1. The zero-order valence-electron chi connectivity index (χ0n) is 11.4. The summed E-state index contributed by atoms with van der Waals surface area (Å²) in [4.78, 5) is 0. The second-order valence-electron chi connectivity index (χ2n) is 5.16. The number of benzene rings is 1. The second kappa shape index (κ2) is 7.13. The van der Waals surface area contributed by atoms with Gasteiger partial charge in [-0.15, -0.1) is 0 Å². The van der Waals surface area contributed by atoms with E-state index < -0.39 is 0 Å². The molecular formula is C15H22ClNO2. The molecule has 1 heterocycles. The first-order chi connectivity index (χ1) is 9.20. The minimum Gasteiger partial charge on any atom is -0.493 e. The molecule has 0 aromatic heterocycles. The van der Waals surface area contributed by atoms with Crippen LogP contribution in [0.5, 0.6) is 5.75 Å². The van der Waals surface area contributed by atoms with E-state index in [1.165, 1.54) is 5.56 Å². The standard InChI is InChI=1S/C15H22ClNO2/c1-11(4-2-8-18)17-14-5-3-9-19-15-10-12(16)6-7-13(14)15/h6-7,10-11,14,17-18H,2-5,8-9H2,1H3. The Hall–Kier alpha value is -0.770. The molecule has 1 aromatic rings. The van der Waals surface area contributed by atoms with E-state index in [0.717, 1.165) is 38.0 Å². The molecule has 4 heteroatoms. The summed E-state index contributed by atoms with van der Waals surface area (Å²) in [7, 11) is 0. The van der Waals surface area contributed by atoms with Crippen molar-refractivity contribution < 1.29 is 9.84 Å². The summed E-state index contributed by atoms with van der Waals surface area (Å²) in [6, 6.07) is 6.57. The Labute approximate surface area is 119 Å². The fraction of sp³-hybridized carbons (Fsp3) is 0.600. The van der Waals surface area contributed by atoms with Gasteiger partial charge in [0.05, 0.1) is 6.61 Å². The first kappa shape index (κ1) is 14.6. The molecule has 0 radical (unpaired) electrons. The number of hydrogen-bond donors (Lipinski definition) is 2. The molecule has 0 saturated carbocycles. The predicted molar refractivity (Wildman–Crippen MR) is 77.8 cm³/mol. The van der Waals surface area contributed by atoms with Crippen molar-refractivity contribution in [2.75, 3.05) is 13.2 Å². The van der Waals surface area contributed by atoms with Gasteiger partial charge in [-0.3, -0.25) is 0 Å². The summed E-state index contributed by atoms with van der Waals surface area (Å²) in [6.45, 7) is 3.17. The molecule has 2 rings (SSSR count). The highest BCUT2D eigenvalue weighted by Gasteiger charge is 2.21. The molecule has 1 aliphatic heterocycles. The molecule has 106 valence electrons. The lowest BCUT2D eigenvalue weighted by atomic mass is 10.0. The minimum atomic E-state index is 0.256. The second-order valence-corrected chi connectivity index (χ2v) is 5.60. The maximum atomic E-state index is 8.89. The normalized spacial score (nSPS) is 20.3. The summed E-state index contributed by atoms with van der Waals surface area (Å²) in [5, 5.41) is 13.2. The van der Waals surface area contributed by atoms with Gasteiger partial charge in [-0.25, -0.2) is 0 Å². The fourth-order valence-corrected chi connectivity index (χ4v) is 2.71. The number of halogens is 1. The monoisotopic (exact) mass is 283 g/mol. The van der Waals surface area contributed by atoms with Gasteiger partial charge in [0.1, 0.15) is 5.75 Å². The predicted octanol–water partition coefficient (Wildman–Crippen LogP) is 3.30. The van der Waals surface area contributed by atoms with Crippen LogP contribution in [-0.4, -0.2) is 24.4 Å². The van der Waals surface area contributed by atoms with Crippen LogP contribution in [0.15, 0.2) is 18.2 Å². The lowest BCUT2D eigenvalue weighted by molar-refractivity contribution is 0.272. The van der Waals surface area contributed by atoms with Crippen molar-refractivity contribution in [2.45, 2.75) is 44.7 Å². The van der Waals surface area contributed by atoms with Crippen molar-refractivity contribution >= 4 is 11.6 Å². The molecule has 2 unspecified atom stereocenters. The van der Waals surface area contributed by atoms with E-state index in [-0.39, 0.29) is 6.61 Å². The number of fused-ring (bicyclic) bond motifs is 1. The van der Waals surface area contributed by atoms with Crippen LogP contribution in [0.1, 0.15) is 44.2 Å². The highest BCUT2D eigenvalue weighted by molar-refractivity contribution is 6.30. The molecule has 2 atom stereocenters. The van der Waals surface area contributed by atoms with Crippen LogP contribution in [0.2, 0.25) is 5.02 Å². The highest BCUT2D eigenvalue weighted by atomic mass is 35.5. The Morgan fingerprint density at radius 1 is 1.53 bits per heavy atom. The molecule has 0 spiro atoms. The average Bonchev–Trinajstić information content (AvgIpc) is 2.58. The smallest absolute Gasteiger partial charge is 0.125 e. The van der Waals surface area contributed by atoms with Gasteiger partial charge in [-0.2, -0.15) is 0 Å². The topological polar surface area (TPSA) is 41.5 Å². The summed E-state index contributed by atoms with van der Waals surface area (Å²) in [5.74, 6) is 0.900. The first-order valence-electron chi connectivity index (χ1n) is 7.00. The third-order valence-corrected chi connectivity index (χ3v) is 3.76. The minimum absolute atomic E-state index is 0.256. The van der Waals surface area contributed by atoms with Crippen molar-refractivity contribution in [3.05, 3.63) is 28.8 Å². The third kappa shape index (κ3) is 4.10. The number of aliphatic hydroxyl groups is 1. The van der Waals surface area contributed by atoms with Gasteiger partial charge in [-0.1, -0.05) is 17.7 Å². The summed E-state index contributed by atoms with van der Waals surface area (Å²) in [5.41, 5.74) is 1.19. The molecule has 0 bridgehead atoms. The van der Waals surface area contributed by atoms with Gasteiger partial charge >= 0.3 is 0 Å². The summed E-state index contributed by atoms with van der Waals surface area (Å²) >= 11 is 6.02. The van der Waals surface area contributed by atoms with Gasteiger partial charge in [0, 0.05) is 29.3 Å². The number of ether oxygens (including phenoxy) is 1. The zero-order chi connectivity index (χ0) is 13.7. The summed E-state index contributed by atoms with van der Waals surface area (Å²) < 4.78 is 5.76. The Morgan fingerprint density at radius 2 is 2.37 bits per heavy atom. The van der Waals surface area contributed by atoms with Gasteiger partial charge in [0.15, 0.2) is 0 Å². The van der Waals surface area contributed by atoms with E-state index in [1.54, 1.807) is 0 Å². The van der Waals surface area contributed by atoms with Crippen LogP contribution in [0.4, 0.5) is 0 Å². The largest absolute Gasteiger partial charge is 0.493 e. The molecule has 3 nitrogen and oxygen atoms in total. The van der Waals surface area contributed by atoms with Crippen LogP contribution in [0.25, 0.3) is 0 Å². The molecule has 1 aromatic carbocycles. The SMILES string of the molecule is CC(CCCO)NC1CCCOc2cc(Cl)ccc21. The van der Waals surface area contributed by atoms with Crippen LogP contribution < -0.4 is 10.1 Å². The molecular weight excluding hydrogens is 262 g/mol. The van der Waals surface area contributed by atoms with Crippen molar-refractivity contribution in [3.8, 4) is 5.75 Å². The van der Waals surface area contributed by atoms with E-state index in [1.807, 2.05) is 12.1 Å². The molecule has 2 N–H and O–H groups in total. The maximum Gasteiger partial charge on any atom is 0.125 e. The van der Waals surface area contributed by atoms with Gasteiger partial charge < -0.3 is 15.2 Å². The highest BCUT2D eigenvalue weighted by Crippen LogP contribution is 2.33. The van der Waals surface area contributed by atoms with Gasteiger partial charge in [0.25, 0.3) is 0 Å². The van der Waals surface area contributed by atoms with Crippen LogP contribution in [0.3, 0.4) is 0 Å². The molecule has 0 aliphatic carbocycles. The van der Waals surface area contributed by atoms with Crippen LogP contribution in [-0.2, 0) is 0 Å². The third-order valence-electron chi connectivity index (χ3n) is 3.53. The van der Waals surface area contributed by atoms with E-state index in [9.17, 15) is 0 Å². The van der Waals surface area contributed by atoms with E-state index in [0.29, 0.717) is 17.1 Å². The lowest BCUT2D eigenvalue weighted by Crippen LogP contribution is -2.30. The number of hydrogen-bond acceptors (Lipinski definition) is 3. The number of rotatable bonds is 5. The van der Waals surface area contributed by atoms with E-state index in [4.69, 9.17) is 21.4 Å². The quantitative estimate of drug-likeness (QED) is 0.871. The molecule has 0 saturated heterocycles. The van der Waals surface area contributed by atoms with Crippen LogP contribution in [0, 0.1) is 0 Å². The van der Waals surface area contributed by atoms with Crippen molar-refractivity contribution in [1.82, 2.24) is 5.32 Å². The molecule has 1 aliphatic rings. The molecule has 19 heavy (non-hydrogen) atoms. The number of aliphatic hydroxyl groups excluding tert-OH is 1. The van der Waals surface area contributed by atoms with Gasteiger partial charge in [-0.05, 0) is 44.7 Å². The number of nitrogens with one attached hydrogen (secondary N) is 1. The molecule has 0 amide bonds. The Morgan fingerprint density at radius 3 is 3.16 bits per heavy atom. The van der Waals surface area contributed by atoms with Crippen molar-refractivity contribution in [3.63, 3.8) is 0 Å².